The van der Waals surface area contributed by atoms with Gasteiger partial charge in [-0.25, -0.2) is 9.13 Å². The van der Waals surface area contributed by atoms with Crippen LogP contribution in [0.4, 0.5) is 0 Å². The van der Waals surface area contributed by atoms with E-state index in [-0.39, 0.29) is 19.3 Å². The first-order valence-corrected chi connectivity index (χ1v) is 59.1. The number of aliphatic hydroxyl groups excluding tert-OH is 2. The number of hydrogen-bond acceptors (Lipinski definition) is 14. The largest absolute Gasteiger partial charge is 0.472 e. The molecule has 0 heterocycles. The zero-order valence-electron chi connectivity index (χ0n) is 87.7. The Morgan fingerprint density at radius 3 is 0.613 bits per heavy atom. The van der Waals surface area contributed by atoms with Crippen LogP contribution in [0.25, 0.3) is 0 Å². The molecule has 0 spiro atoms. The maximum absolute atomic E-state index is 13.2. The number of unbranched alkanes of at least 4 members (excludes halogenated alkanes) is 53. The zero-order valence-corrected chi connectivity index (χ0v) is 89.5. The minimum atomic E-state index is -4.95. The van der Waals surface area contributed by atoms with Crippen molar-refractivity contribution < 1.29 is 75.8 Å². The number of esters is 3. The fraction of sp³-hybridized carbons (Fsp3) is 0.723. The monoisotopic (exact) mass is 1950 g/mol. The number of carbonyl (C=O) groups is 3. The molecule has 0 bridgehead atoms. The van der Waals surface area contributed by atoms with E-state index < -0.39 is 91.5 Å². The SMILES string of the molecule is CC/C=C\C/C=C\C/C=C\C/C=C\C/C=C\C/C=C\CCCCCCCCCCCCCCCCC(=O)OCC(COP(=O)(O)OCC(O)COP(=O)(O)OCC(O)COC(=O)CCCCCCCCCCCCCCCCCCCCC/C=C\C/C=C\C/C=C\C/C=C\CCCCC)OC(=O)CCCCCCCCCCCCCCCCCCC/C=C\C/C=C\C/C=C\C/C=C\C/C=C\CC. The molecule has 0 fully saturated rings. The van der Waals surface area contributed by atoms with Crippen LogP contribution in [0, 0.1) is 0 Å². The number of aliphatic hydroxyl groups is 2. The quantitative estimate of drug-likeness (QED) is 0.0146. The Labute approximate surface area is 840 Å². The van der Waals surface area contributed by atoms with E-state index in [1.807, 2.05) is 0 Å². The second kappa shape index (κ2) is 109. The molecule has 0 aliphatic carbocycles. The lowest BCUT2D eigenvalue weighted by Gasteiger charge is -2.21. The molecule has 137 heavy (non-hydrogen) atoms. The van der Waals surface area contributed by atoms with Crippen molar-refractivity contribution >= 4 is 33.6 Å². The smallest absolute Gasteiger partial charge is 0.463 e. The van der Waals surface area contributed by atoms with Crippen LogP contribution in [-0.4, -0.2) is 95.9 Å². The third-order valence-electron chi connectivity index (χ3n) is 24.1. The first-order chi connectivity index (χ1) is 67.2. The van der Waals surface area contributed by atoms with Gasteiger partial charge in [0.2, 0.25) is 0 Å². The third kappa shape index (κ3) is 111. The number of ether oxygens (including phenoxy) is 3. The molecule has 0 radical (unpaired) electrons. The highest BCUT2D eigenvalue weighted by Gasteiger charge is 2.30. The topological polar surface area (TPSA) is 231 Å². The van der Waals surface area contributed by atoms with Gasteiger partial charge >= 0.3 is 33.6 Å². The van der Waals surface area contributed by atoms with Gasteiger partial charge in [0.05, 0.1) is 26.4 Å². The van der Waals surface area contributed by atoms with E-state index in [4.69, 9.17) is 32.3 Å². The van der Waals surface area contributed by atoms with Gasteiger partial charge in [-0.2, -0.15) is 0 Å². The summed E-state index contributed by atoms with van der Waals surface area (Å²) in [6.07, 6.45) is 147. The zero-order chi connectivity index (χ0) is 99.2. The van der Waals surface area contributed by atoms with Crippen molar-refractivity contribution in [3.05, 3.63) is 182 Å². The number of allylic oxidation sites excluding steroid dienone is 30. The molecule has 0 rings (SSSR count). The Bertz CT molecular complexity index is 3220. The minimum absolute atomic E-state index is 0.103. The molecular weight excluding hydrogens is 1750 g/mol. The number of phosphoric ester groups is 2. The van der Waals surface area contributed by atoms with E-state index in [0.29, 0.717) is 19.3 Å². The first kappa shape index (κ1) is 132. The highest BCUT2D eigenvalue weighted by molar-refractivity contribution is 7.47. The Morgan fingerprint density at radius 1 is 0.212 bits per heavy atom. The summed E-state index contributed by atoms with van der Waals surface area (Å²) in [7, 11) is -9.82. The molecule has 0 saturated heterocycles. The molecule has 18 heteroatoms. The molecule has 16 nitrogen and oxygen atoms in total. The highest BCUT2D eigenvalue weighted by Crippen LogP contribution is 2.45. The standard InChI is InChI=1S/C119H206O16P2/c1-4-7-10-13-16-19-22-25-28-31-34-37-40-43-46-49-52-55-56-59-61-63-66-69-72-75-78-81-84-87-90-93-96-99-102-105-117(122)129-108-114(120)109-131-136(125,126)132-110-115(121)111-133-137(127,128)134-113-116(135-119(124)107-104-101-98-95-92-89-86-83-80-77-74-71-68-65-62-58-54-51-48-45-42-39-36-33-30-27-24-21-18-15-12-9-6-3)112-130-118(123)106-103-100-97-94-91-88-85-82-79-76-73-70-67-64-60-57-53-50-47-44-41-38-35-32-29-26-23-20-17-14-11-8-5-2/h8-9,11-12,16-21,25-30,34-39,43-48,53,57,114-116,120-121H,4-7,10,13-15,22-24,31-33,40-42,49-52,54-56,58-113H2,1-3H3,(H,125,126)(H,127,128)/b11-8-,12-9-,19-16-,20-17-,21-18-,28-25-,29-26-,30-27-,37-34-,38-35-,39-36-,46-43-,47-44-,48-45-,57-53-. The van der Waals surface area contributed by atoms with Gasteiger partial charge in [-0.15, -0.1) is 0 Å². The van der Waals surface area contributed by atoms with Crippen molar-refractivity contribution in [3.63, 3.8) is 0 Å². The summed E-state index contributed by atoms with van der Waals surface area (Å²) in [5.41, 5.74) is 0. The number of hydrogen-bond donors (Lipinski definition) is 4. The molecule has 0 aromatic rings. The van der Waals surface area contributed by atoms with Crippen LogP contribution >= 0.6 is 15.6 Å². The van der Waals surface area contributed by atoms with Gasteiger partial charge in [0.15, 0.2) is 6.10 Å². The normalized spacial score (nSPS) is 14.2. The van der Waals surface area contributed by atoms with Crippen molar-refractivity contribution in [1.29, 1.82) is 0 Å². The fourth-order valence-electron chi connectivity index (χ4n) is 15.7. The van der Waals surface area contributed by atoms with Crippen LogP contribution in [0.3, 0.4) is 0 Å². The summed E-state index contributed by atoms with van der Waals surface area (Å²) in [5.74, 6) is -1.55. The maximum Gasteiger partial charge on any atom is 0.472 e. The second-order valence-corrected chi connectivity index (χ2v) is 40.3. The van der Waals surface area contributed by atoms with Gasteiger partial charge in [-0.05, 0) is 161 Å². The Kier molecular flexibility index (Phi) is 105. The first-order valence-electron chi connectivity index (χ1n) is 56.1. The van der Waals surface area contributed by atoms with Gasteiger partial charge in [0, 0.05) is 19.3 Å². The third-order valence-corrected chi connectivity index (χ3v) is 26.0. The van der Waals surface area contributed by atoms with Gasteiger partial charge in [-0.3, -0.25) is 32.5 Å². The van der Waals surface area contributed by atoms with Crippen LogP contribution < -0.4 is 0 Å². The van der Waals surface area contributed by atoms with E-state index in [2.05, 4.69) is 203 Å². The van der Waals surface area contributed by atoms with Crippen molar-refractivity contribution in [3.8, 4) is 0 Å². The number of carbonyl (C=O) groups excluding carboxylic acids is 3. The highest BCUT2D eigenvalue weighted by atomic mass is 31.2. The predicted molar refractivity (Wildman–Crippen MR) is 583 cm³/mol. The van der Waals surface area contributed by atoms with Crippen LogP contribution in [-0.2, 0) is 55.8 Å². The lowest BCUT2D eigenvalue weighted by Crippen LogP contribution is -2.30. The molecule has 0 aromatic heterocycles. The molecule has 0 aliphatic heterocycles. The van der Waals surface area contributed by atoms with Gasteiger partial charge in [-0.1, -0.05) is 498 Å². The molecule has 0 aromatic carbocycles. The molecule has 0 saturated carbocycles. The number of phosphoric acid groups is 2. The van der Waals surface area contributed by atoms with Gasteiger partial charge < -0.3 is 34.2 Å². The molecule has 5 unspecified atom stereocenters. The van der Waals surface area contributed by atoms with E-state index in [0.717, 1.165) is 161 Å². The molecule has 788 valence electrons. The molecule has 0 amide bonds. The van der Waals surface area contributed by atoms with Gasteiger partial charge in [0.25, 0.3) is 0 Å². The van der Waals surface area contributed by atoms with E-state index in [1.165, 1.54) is 276 Å². The molecule has 4 N–H and O–H groups in total. The average molecular weight is 1950 g/mol. The predicted octanol–water partition coefficient (Wildman–Crippen LogP) is 36.2. The van der Waals surface area contributed by atoms with E-state index in [9.17, 15) is 43.5 Å². The van der Waals surface area contributed by atoms with E-state index >= 15 is 0 Å². The van der Waals surface area contributed by atoms with Crippen molar-refractivity contribution in [2.75, 3.05) is 39.6 Å². The van der Waals surface area contributed by atoms with Crippen LogP contribution in [0.5, 0.6) is 0 Å². The minimum Gasteiger partial charge on any atom is -0.463 e. The lowest BCUT2D eigenvalue weighted by molar-refractivity contribution is -0.161. The Morgan fingerprint density at radius 2 is 0.387 bits per heavy atom. The Hall–Kier alpha value is -5.35. The summed E-state index contributed by atoms with van der Waals surface area (Å²) in [5, 5.41) is 20.8. The summed E-state index contributed by atoms with van der Waals surface area (Å²) in [6.45, 7) is 2.53. The summed E-state index contributed by atoms with van der Waals surface area (Å²) in [4.78, 5) is 59.4. The Balaban J connectivity index is 4.60. The molecule has 5 atom stereocenters. The van der Waals surface area contributed by atoms with Gasteiger partial charge in [0.1, 0.15) is 25.4 Å². The number of rotatable bonds is 106. The molecular formula is C119H206O16P2. The van der Waals surface area contributed by atoms with Crippen LogP contribution in [0.1, 0.15) is 496 Å². The summed E-state index contributed by atoms with van der Waals surface area (Å²) >= 11 is 0. The van der Waals surface area contributed by atoms with Crippen molar-refractivity contribution in [2.45, 2.75) is 514 Å². The fourth-order valence-corrected chi connectivity index (χ4v) is 17.3. The molecule has 0 aliphatic rings. The summed E-state index contributed by atoms with van der Waals surface area (Å²) in [6, 6.07) is 0. The lowest BCUT2D eigenvalue weighted by atomic mass is 10.0. The van der Waals surface area contributed by atoms with Crippen LogP contribution in [0.2, 0.25) is 0 Å². The maximum atomic E-state index is 13.2. The average Bonchev–Trinajstić information content (AvgIpc) is 0.899. The van der Waals surface area contributed by atoms with Crippen molar-refractivity contribution in [2.24, 2.45) is 0 Å². The van der Waals surface area contributed by atoms with Crippen molar-refractivity contribution in [1.82, 2.24) is 0 Å². The second-order valence-electron chi connectivity index (χ2n) is 37.4. The van der Waals surface area contributed by atoms with Crippen LogP contribution in [0.15, 0.2) is 182 Å². The summed E-state index contributed by atoms with van der Waals surface area (Å²) < 4.78 is 61.9. The van der Waals surface area contributed by atoms with E-state index in [1.54, 1.807) is 0 Å².